The number of anilines is 1. The maximum Gasteiger partial charge on any atom is 0.420 e. The lowest BCUT2D eigenvalue weighted by Gasteiger charge is -2.08. The minimum absolute atomic E-state index is 0.0294. The van der Waals surface area contributed by atoms with Crippen LogP contribution in [0.3, 0.4) is 0 Å². The van der Waals surface area contributed by atoms with E-state index in [1.807, 2.05) is 13.8 Å². The minimum atomic E-state index is -0.437. The Morgan fingerprint density at radius 1 is 1.24 bits per heavy atom. The lowest BCUT2D eigenvalue weighted by Crippen LogP contribution is -2.20. The first-order chi connectivity index (χ1) is 11.9. The number of fused-ring (bicyclic) bond motifs is 1. The number of nitrogens with zero attached hydrogens (tertiary/aromatic N) is 1. The Kier molecular flexibility index (Phi) is 4.56. The van der Waals surface area contributed by atoms with E-state index in [9.17, 15) is 14.0 Å². The molecule has 2 aromatic carbocycles. The van der Waals surface area contributed by atoms with Crippen molar-refractivity contribution < 1.29 is 18.3 Å². The van der Waals surface area contributed by atoms with Crippen molar-refractivity contribution in [2.75, 3.05) is 11.9 Å². The van der Waals surface area contributed by atoms with Crippen molar-refractivity contribution in [2.45, 2.75) is 19.9 Å². The van der Waals surface area contributed by atoms with Gasteiger partial charge in [-0.25, -0.2) is 9.18 Å². The number of benzene rings is 2. The van der Waals surface area contributed by atoms with E-state index in [1.165, 1.54) is 24.3 Å². The predicted molar refractivity (Wildman–Crippen MR) is 91.4 cm³/mol. The number of amides is 1. The van der Waals surface area contributed by atoms with Crippen LogP contribution < -0.4 is 15.8 Å². The molecule has 1 amide bonds. The topological polar surface area (TPSA) is 73.5 Å². The van der Waals surface area contributed by atoms with Gasteiger partial charge < -0.3 is 14.5 Å². The van der Waals surface area contributed by atoms with Gasteiger partial charge in [-0.1, -0.05) is 0 Å². The Morgan fingerprint density at radius 2 is 1.96 bits per heavy atom. The molecule has 130 valence electrons. The highest BCUT2D eigenvalue weighted by Crippen LogP contribution is 2.21. The maximum atomic E-state index is 12.8. The number of ether oxygens (including phenoxy) is 1. The van der Waals surface area contributed by atoms with Crippen molar-refractivity contribution in [1.82, 2.24) is 4.57 Å². The number of hydrogen-bond donors (Lipinski definition) is 1. The van der Waals surface area contributed by atoms with Crippen molar-refractivity contribution in [3.05, 3.63) is 58.8 Å². The SMILES string of the molecule is CC(C)n1c(=O)oc2cc(NC(=O)COc3ccc(F)cc3)ccc21. The lowest BCUT2D eigenvalue weighted by atomic mass is 10.2. The first-order valence-electron chi connectivity index (χ1n) is 7.77. The molecule has 7 heteroatoms. The molecule has 0 saturated carbocycles. The largest absolute Gasteiger partial charge is 0.484 e. The fourth-order valence-electron chi connectivity index (χ4n) is 2.48. The van der Waals surface area contributed by atoms with E-state index >= 15 is 0 Å². The van der Waals surface area contributed by atoms with Gasteiger partial charge in [0, 0.05) is 17.8 Å². The maximum absolute atomic E-state index is 12.8. The van der Waals surface area contributed by atoms with Gasteiger partial charge in [0.2, 0.25) is 0 Å². The van der Waals surface area contributed by atoms with Crippen LogP contribution in [0.15, 0.2) is 51.7 Å². The van der Waals surface area contributed by atoms with E-state index in [4.69, 9.17) is 9.15 Å². The third-order valence-corrected chi connectivity index (χ3v) is 3.60. The van der Waals surface area contributed by atoms with Gasteiger partial charge in [0.15, 0.2) is 12.2 Å². The molecule has 0 atom stereocenters. The molecule has 0 saturated heterocycles. The third-order valence-electron chi connectivity index (χ3n) is 3.60. The zero-order chi connectivity index (χ0) is 18.0. The fraction of sp³-hybridized carbons (Fsp3) is 0.222. The van der Waals surface area contributed by atoms with Gasteiger partial charge >= 0.3 is 5.76 Å². The first kappa shape index (κ1) is 16.8. The van der Waals surface area contributed by atoms with E-state index in [0.717, 1.165) is 0 Å². The number of hydrogen-bond acceptors (Lipinski definition) is 4. The van der Waals surface area contributed by atoms with Crippen LogP contribution in [-0.2, 0) is 4.79 Å². The summed E-state index contributed by atoms with van der Waals surface area (Å²) in [5, 5.41) is 2.66. The molecule has 0 radical (unpaired) electrons. The number of carbonyl (C=O) groups is 1. The average Bonchev–Trinajstić information content (AvgIpc) is 2.89. The van der Waals surface area contributed by atoms with Crippen LogP contribution in [0.4, 0.5) is 10.1 Å². The molecule has 0 unspecified atom stereocenters. The minimum Gasteiger partial charge on any atom is -0.484 e. The molecule has 0 aliphatic carbocycles. The lowest BCUT2D eigenvalue weighted by molar-refractivity contribution is -0.118. The standard InChI is InChI=1S/C18H17FN2O4/c1-11(2)21-15-8-5-13(9-16(15)25-18(21)23)20-17(22)10-24-14-6-3-12(19)4-7-14/h3-9,11H,10H2,1-2H3,(H,20,22). The van der Waals surface area contributed by atoms with Crippen LogP contribution in [0.1, 0.15) is 19.9 Å². The number of oxazole rings is 1. The molecule has 0 fully saturated rings. The Labute approximate surface area is 142 Å². The zero-order valence-corrected chi connectivity index (χ0v) is 13.8. The van der Waals surface area contributed by atoms with Crippen LogP contribution in [-0.4, -0.2) is 17.1 Å². The van der Waals surface area contributed by atoms with Crippen molar-refractivity contribution in [3.63, 3.8) is 0 Å². The second-order valence-electron chi connectivity index (χ2n) is 5.80. The normalized spacial score (nSPS) is 11.0. The van der Waals surface area contributed by atoms with Crippen LogP contribution >= 0.6 is 0 Å². The molecule has 3 aromatic rings. The summed E-state index contributed by atoms with van der Waals surface area (Å²) < 4.78 is 24.8. The van der Waals surface area contributed by atoms with Gasteiger partial charge in [0.1, 0.15) is 11.6 Å². The molecule has 25 heavy (non-hydrogen) atoms. The Balaban J connectivity index is 1.69. The van der Waals surface area contributed by atoms with Crippen molar-refractivity contribution in [1.29, 1.82) is 0 Å². The average molecular weight is 344 g/mol. The summed E-state index contributed by atoms with van der Waals surface area (Å²) in [6, 6.07) is 10.4. The number of nitrogens with one attached hydrogen (secondary N) is 1. The molecule has 6 nitrogen and oxygen atoms in total. The van der Waals surface area contributed by atoms with Crippen LogP contribution in [0.2, 0.25) is 0 Å². The zero-order valence-electron chi connectivity index (χ0n) is 13.8. The fourth-order valence-corrected chi connectivity index (χ4v) is 2.48. The van der Waals surface area contributed by atoms with Crippen molar-refractivity contribution in [3.8, 4) is 5.75 Å². The molecular formula is C18H17FN2O4. The molecule has 1 heterocycles. The quantitative estimate of drug-likeness (QED) is 0.770. The molecule has 0 aliphatic rings. The number of halogens is 1. The van der Waals surface area contributed by atoms with Crippen molar-refractivity contribution >= 4 is 22.7 Å². The molecule has 1 N–H and O–H groups in total. The molecule has 0 spiro atoms. The van der Waals surface area contributed by atoms with Crippen molar-refractivity contribution in [2.24, 2.45) is 0 Å². The van der Waals surface area contributed by atoms with Gasteiger partial charge in [-0.3, -0.25) is 9.36 Å². The monoisotopic (exact) mass is 344 g/mol. The highest BCUT2D eigenvalue weighted by Gasteiger charge is 2.13. The Bertz CT molecular complexity index is 957. The summed E-state index contributed by atoms with van der Waals surface area (Å²) in [6.07, 6.45) is 0. The van der Waals surface area contributed by atoms with E-state index in [1.54, 1.807) is 22.8 Å². The highest BCUT2D eigenvalue weighted by molar-refractivity contribution is 5.93. The van der Waals surface area contributed by atoms with Gasteiger partial charge in [0.05, 0.1) is 5.52 Å². The van der Waals surface area contributed by atoms with Crippen LogP contribution in [0.5, 0.6) is 5.75 Å². The first-order valence-corrected chi connectivity index (χ1v) is 7.77. The number of carbonyl (C=O) groups excluding carboxylic acids is 1. The van der Waals surface area contributed by atoms with E-state index in [0.29, 0.717) is 22.5 Å². The molecule has 0 aliphatic heterocycles. The number of aromatic nitrogens is 1. The van der Waals surface area contributed by atoms with Crippen LogP contribution in [0.25, 0.3) is 11.1 Å². The van der Waals surface area contributed by atoms with E-state index in [-0.39, 0.29) is 24.4 Å². The Morgan fingerprint density at radius 3 is 2.64 bits per heavy atom. The molecule has 1 aromatic heterocycles. The predicted octanol–water partition coefficient (Wildman–Crippen LogP) is 3.33. The van der Waals surface area contributed by atoms with Gasteiger partial charge in [0.25, 0.3) is 5.91 Å². The summed E-state index contributed by atoms with van der Waals surface area (Å²) in [5.41, 5.74) is 1.56. The Hall–Kier alpha value is -3.09. The summed E-state index contributed by atoms with van der Waals surface area (Å²) in [7, 11) is 0. The molecule has 3 rings (SSSR count). The molecular weight excluding hydrogens is 327 g/mol. The van der Waals surface area contributed by atoms with E-state index < -0.39 is 5.76 Å². The van der Waals surface area contributed by atoms with Gasteiger partial charge in [-0.2, -0.15) is 0 Å². The summed E-state index contributed by atoms with van der Waals surface area (Å²) in [6.45, 7) is 3.55. The smallest absolute Gasteiger partial charge is 0.420 e. The summed E-state index contributed by atoms with van der Waals surface area (Å²) in [5.74, 6) is -0.797. The van der Waals surface area contributed by atoms with Crippen LogP contribution in [0, 0.1) is 5.82 Å². The second kappa shape index (κ2) is 6.80. The number of rotatable bonds is 5. The second-order valence-corrected chi connectivity index (χ2v) is 5.80. The highest BCUT2D eigenvalue weighted by atomic mass is 19.1. The summed E-state index contributed by atoms with van der Waals surface area (Å²) >= 11 is 0. The third kappa shape index (κ3) is 3.71. The van der Waals surface area contributed by atoms with E-state index in [2.05, 4.69) is 5.32 Å². The van der Waals surface area contributed by atoms with Gasteiger partial charge in [-0.15, -0.1) is 0 Å². The molecule has 0 bridgehead atoms. The summed E-state index contributed by atoms with van der Waals surface area (Å²) in [4.78, 5) is 23.8. The van der Waals surface area contributed by atoms with Gasteiger partial charge in [-0.05, 0) is 50.2 Å².